The van der Waals surface area contributed by atoms with E-state index in [1.165, 1.54) is 12.0 Å². The molecule has 0 bridgehead atoms. The van der Waals surface area contributed by atoms with E-state index in [4.69, 9.17) is 9.72 Å². The van der Waals surface area contributed by atoms with Crippen molar-refractivity contribution in [3.8, 4) is 5.75 Å². The number of rotatable bonds is 10. The SMILES string of the molecule is CCC(C)c1ccc(OCCCn2c(CNC(=O)C3CCCCC3)nc3ccccc32)cc1. The molecule has 1 saturated carbocycles. The lowest BCUT2D eigenvalue weighted by molar-refractivity contribution is -0.126. The summed E-state index contributed by atoms with van der Waals surface area (Å²) in [7, 11) is 0. The van der Waals surface area contributed by atoms with Crippen LogP contribution in [-0.4, -0.2) is 22.1 Å². The molecule has 0 saturated heterocycles. The number of nitrogens with zero attached hydrogens (tertiary/aromatic N) is 2. The van der Waals surface area contributed by atoms with Crippen LogP contribution in [0.3, 0.4) is 0 Å². The van der Waals surface area contributed by atoms with E-state index < -0.39 is 0 Å². The first kappa shape index (κ1) is 23.3. The monoisotopic (exact) mass is 447 g/mol. The molecule has 0 aliphatic heterocycles. The van der Waals surface area contributed by atoms with Crippen LogP contribution in [0.25, 0.3) is 11.0 Å². The molecule has 2 aromatic carbocycles. The highest BCUT2D eigenvalue weighted by Crippen LogP contribution is 2.24. The van der Waals surface area contributed by atoms with Crippen molar-refractivity contribution < 1.29 is 9.53 Å². The molecule has 33 heavy (non-hydrogen) atoms. The van der Waals surface area contributed by atoms with E-state index in [0.717, 1.165) is 67.7 Å². The summed E-state index contributed by atoms with van der Waals surface area (Å²) in [6.07, 6.45) is 7.62. The molecule has 3 aromatic rings. The minimum Gasteiger partial charge on any atom is -0.494 e. The van der Waals surface area contributed by atoms with Gasteiger partial charge in [-0.2, -0.15) is 0 Å². The molecule has 1 unspecified atom stereocenters. The van der Waals surface area contributed by atoms with E-state index in [9.17, 15) is 4.79 Å². The number of nitrogens with one attached hydrogen (secondary N) is 1. The number of amides is 1. The van der Waals surface area contributed by atoms with Crippen LogP contribution in [0.4, 0.5) is 0 Å². The fourth-order valence-electron chi connectivity index (χ4n) is 4.73. The van der Waals surface area contributed by atoms with Crippen molar-refractivity contribution in [1.82, 2.24) is 14.9 Å². The minimum atomic E-state index is 0.164. The van der Waals surface area contributed by atoms with Gasteiger partial charge < -0.3 is 14.6 Å². The van der Waals surface area contributed by atoms with Crippen LogP contribution in [-0.2, 0) is 17.9 Å². The summed E-state index contributed by atoms with van der Waals surface area (Å²) in [5.41, 5.74) is 3.44. The van der Waals surface area contributed by atoms with Gasteiger partial charge in [-0.3, -0.25) is 4.79 Å². The Labute approximate surface area is 197 Å². The fraction of sp³-hybridized carbons (Fsp3) is 0.500. The Kier molecular flexibility index (Phi) is 8.03. The minimum absolute atomic E-state index is 0.164. The van der Waals surface area contributed by atoms with Gasteiger partial charge in [0, 0.05) is 12.5 Å². The van der Waals surface area contributed by atoms with Crippen LogP contribution in [0.5, 0.6) is 5.75 Å². The van der Waals surface area contributed by atoms with Gasteiger partial charge >= 0.3 is 0 Å². The van der Waals surface area contributed by atoms with E-state index in [1.807, 2.05) is 18.2 Å². The molecule has 1 aliphatic carbocycles. The summed E-state index contributed by atoms with van der Waals surface area (Å²) in [4.78, 5) is 17.4. The van der Waals surface area contributed by atoms with Crippen molar-refractivity contribution in [2.75, 3.05) is 6.61 Å². The lowest BCUT2D eigenvalue weighted by atomic mass is 9.89. The number of aryl methyl sites for hydroxylation is 1. The number of carbonyl (C=O) groups is 1. The summed E-state index contributed by atoms with van der Waals surface area (Å²) in [5, 5.41) is 3.15. The molecule has 1 atom stereocenters. The maximum atomic E-state index is 12.6. The summed E-state index contributed by atoms with van der Waals surface area (Å²) >= 11 is 0. The molecular formula is C28H37N3O2. The predicted molar refractivity (Wildman–Crippen MR) is 133 cm³/mol. The molecule has 5 nitrogen and oxygen atoms in total. The first-order valence-electron chi connectivity index (χ1n) is 12.6. The zero-order valence-electron chi connectivity index (χ0n) is 20.1. The Balaban J connectivity index is 1.35. The second-order valence-electron chi connectivity index (χ2n) is 9.30. The van der Waals surface area contributed by atoms with Crippen LogP contribution in [0.2, 0.25) is 0 Å². The Morgan fingerprint density at radius 2 is 1.88 bits per heavy atom. The van der Waals surface area contributed by atoms with Crippen LogP contribution in [0.15, 0.2) is 48.5 Å². The van der Waals surface area contributed by atoms with Gasteiger partial charge in [0.1, 0.15) is 11.6 Å². The molecule has 1 aromatic heterocycles. The lowest BCUT2D eigenvalue weighted by Gasteiger charge is -2.20. The normalized spacial score (nSPS) is 15.5. The lowest BCUT2D eigenvalue weighted by Crippen LogP contribution is -2.32. The molecule has 1 N–H and O–H groups in total. The van der Waals surface area contributed by atoms with E-state index >= 15 is 0 Å². The smallest absolute Gasteiger partial charge is 0.223 e. The predicted octanol–water partition coefficient (Wildman–Crippen LogP) is 6.22. The van der Waals surface area contributed by atoms with Gasteiger partial charge in [0.15, 0.2) is 0 Å². The zero-order valence-corrected chi connectivity index (χ0v) is 20.1. The van der Waals surface area contributed by atoms with Crippen molar-refractivity contribution in [3.63, 3.8) is 0 Å². The number of imidazole rings is 1. The summed E-state index contributed by atoms with van der Waals surface area (Å²) in [5.74, 6) is 2.75. The Hall–Kier alpha value is -2.82. The van der Waals surface area contributed by atoms with E-state index in [2.05, 4.69) is 54.1 Å². The average Bonchev–Trinajstić information content (AvgIpc) is 3.23. The van der Waals surface area contributed by atoms with Gasteiger partial charge in [0.25, 0.3) is 0 Å². The largest absolute Gasteiger partial charge is 0.494 e. The molecule has 1 amide bonds. The highest BCUT2D eigenvalue weighted by Gasteiger charge is 2.21. The molecule has 176 valence electrons. The first-order chi connectivity index (χ1) is 16.2. The van der Waals surface area contributed by atoms with Crippen LogP contribution < -0.4 is 10.1 Å². The van der Waals surface area contributed by atoms with Crippen molar-refractivity contribution in [2.24, 2.45) is 5.92 Å². The van der Waals surface area contributed by atoms with Gasteiger partial charge in [-0.15, -0.1) is 0 Å². The van der Waals surface area contributed by atoms with Gasteiger partial charge in [0.2, 0.25) is 5.91 Å². The third-order valence-electron chi connectivity index (χ3n) is 6.99. The summed E-state index contributed by atoms with van der Waals surface area (Å²) in [6, 6.07) is 16.7. The third-order valence-corrected chi connectivity index (χ3v) is 6.99. The number of hydrogen-bond donors (Lipinski definition) is 1. The number of para-hydroxylation sites is 2. The number of carbonyl (C=O) groups excluding carboxylic acids is 1. The molecule has 1 fully saturated rings. The van der Waals surface area contributed by atoms with Gasteiger partial charge in [-0.05, 0) is 61.4 Å². The second kappa shape index (κ2) is 11.4. The highest BCUT2D eigenvalue weighted by atomic mass is 16.5. The molecule has 1 heterocycles. The van der Waals surface area contributed by atoms with E-state index in [0.29, 0.717) is 19.1 Å². The molecule has 0 radical (unpaired) electrons. The number of ether oxygens (including phenoxy) is 1. The van der Waals surface area contributed by atoms with Gasteiger partial charge in [-0.25, -0.2) is 4.98 Å². The maximum absolute atomic E-state index is 12.6. The Bertz CT molecular complexity index is 1030. The molecule has 1 aliphatic rings. The van der Waals surface area contributed by atoms with Crippen LogP contribution >= 0.6 is 0 Å². The van der Waals surface area contributed by atoms with E-state index in [-0.39, 0.29) is 11.8 Å². The highest BCUT2D eigenvalue weighted by molar-refractivity contribution is 5.79. The number of fused-ring (bicyclic) bond motifs is 1. The van der Waals surface area contributed by atoms with Gasteiger partial charge in [-0.1, -0.05) is 57.4 Å². The Morgan fingerprint density at radius 3 is 2.64 bits per heavy atom. The number of hydrogen-bond acceptors (Lipinski definition) is 3. The maximum Gasteiger partial charge on any atom is 0.223 e. The summed E-state index contributed by atoms with van der Waals surface area (Å²) < 4.78 is 8.23. The van der Waals surface area contributed by atoms with Crippen molar-refractivity contribution in [1.29, 1.82) is 0 Å². The van der Waals surface area contributed by atoms with Crippen molar-refractivity contribution >= 4 is 16.9 Å². The van der Waals surface area contributed by atoms with Crippen LogP contribution in [0.1, 0.15) is 76.1 Å². The Morgan fingerprint density at radius 1 is 1.12 bits per heavy atom. The van der Waals surface area contributed by atoms with Crippen LogP contribution in [0, 0.1) is 5.92 Å². The van der Waals surface area contributed by atoms with Crippen molar-refractivity contribution in [3.05, 3.63) is 59.9 Å². The third kappa shape index (κ3) is 5.95. The van der Waals surface area contributed by atoms with E-state index in [1.54, 1.807) is 0 Å². The molecule has 0 spiro atoms. The number of aromatic nitrogens is 2. The second-order valence-corrected chi connectivity index (χ2v) is 9.30. The average molecular weight is 448 g/mol. The number of benzene rings is 2. The quantitative estimate of drug-likeness (QED) is 0.376. The molecule has 4 rings (SSSR count). The summed E-state index contributed by atoms with van der Waals surface area (Å²) in [6.45, 7) is 6.39. The molecular weight excluding hydrogens is 410 g/mol. The molecule has 5 heteroatoms. The zero-order chi connectivity index (χ0) is 23.0. The topological polar surface area (TPSA) is 56.1 Å². The standard InChI is InChI=1S/C28H37N3O2/c1-3-21(2)22-14-16-24(17-15-22)33-19-9-18-31-26-13-8-7-12-25(26)30-27(31)20-29-28(32)23-10-5-4-6-11-23/h7-8,12-17,21,23H,3-6,9-11,18-20H2,1-2H3,(H,29,32). The van der Waals surface area contributed by atoms with Crippen molar-refractivity contribution in [2.45, 2.75) is 77.8 Å². The first-order valence-corrected chi connectivity index (χ1v) is 12.6. The van der Waals surface area contributed by atoms with Gasteiger partial charge in [0.05, 0.1) is 24.2 Å². The fourth-order valence-corrected chi connectivity index (χ4v) is 4.73.